The molecule has 0 aromatic carbocycles. The van der Waals surface area contributed by atoms with Crippen LogP contribution in [0.4, 0.5) is 0 Å². The number of ether oxygens (including phenoxy) is 2. The molecular weight excluding hydrogens is 536 g/mol. The van der Waals surface area contributed by atoms with Crippen molar-refractivity contribution in [2.24, 2.45) is 0 Å². The van der Waals surface area contributed by atoms with E-state index >= 15 is 0 Å². The number of hydrogen-bond acceptors (Lipinski definition) is 7. The summed E-state index contributed by atoms with van der Waals surface area (Å²) in [7, 11) is 0. The first-order chi connectivity index (χ1) is 20.1. The second-order valence-electron chi connectivity index (χ2n) is 9.68. The van der Waals surface area contributed by atoms with Gasteiger partial charge in [-0.25, -0.2) is 20.2 Å². The van der Waals surface area contributed by atoms with Crippen molar-refractivity contribution < 1.29 is 18.3 Å². The maximum Gasteiger partial charge on any atom is 0.265 e. The molecule has 3 aromatic rings. The van der Waals surface area contributed by atoms with Crippen LogP contribution in [-0.4, -0.2) is 13.2 Å². The van der Waals surface area contributed by atoms with Crippen LogP contribution >= 0.6 is 11.3 Å². The maximum absolute atomic E-state index is 9.29. The summed E-state index contributed by atoms with van der Waals surface area (Å²) in [5.74, 6) is 3.91. The van der Waals surface area contributed by atoms with Gasteiger partial charge in [-0.2, -0.15) is 0 Å². The van der Waals surface area contributed by atoms with E-state index in [2.05, 4.69) is 9.69 Å². The van der Waals surface area contributed by atoms with Gasteiger partial charge in [-0.15, -0.1) is 11.3 Å². The number of thiophene rings is 1. The van der Waals surface area contributed by atoms with Crippen molar-refractivity contribution in [3.05, 3.63) is 93.3 Å². The molecule has 0 saturated heterocycles. The summed E-state index contributed by atoms with van der Waals surface area (Å²) in [4.78, 5) is 8.32. The average Bonchev–Trinajstić information content (AvgIpc) is 3.78. The second-order valence-corrected chi connectivity index (χ2v) is 10.7. The molecule has 200 valence electrons. The van der Waals surface area contributed by atoms with Gasteiger partial charge in [0.15, 0.2) is 11.5 Å². The van der Waals surface area contributed by atoms with E-state index in [0.29, 0.717) is 60.6 Å². The molecule has 4 heterocycles. The summed E-state index contributed by atoms with van der Waals surface area (Å²) in [5, 5.41) is 18.6. The fraction of sp³-hybridized carbons (Fsp3) is 0.250. The van der Waals surface area contributed by atoms with E-state index in [9.17, 15) is 10.5 Å². The lowest BCUT2D eigenvalue weighted by molar-refractivity contribution is 0.174. The standard InChI is InChI=1S/C32H22N4O4S/c1-35-23(17-33)19-5-3-7-21(15-19)25-9-11-27(39-25)31-29-30(38-14-13-37-29)32(41-31)28-12-10-26(40-28)22-8-4-6-20(16-22)24(18-34)36-2/h9-12,15-16H,3-8,13-14H2/b23-19-,24-20+. The van der Waals surface area contributed by atoms with E-state index < -0.39 is 0 Å². The first-order valence-corrected chi connectivity index (χ1v) is 14.0. The van der Waals surface area contributed by atoms with Crippen molar-refractivity contribution in [3.63, 3.8) is 0 Å². The van der Waals surface area contributed by atoms with Crippen LogP contribution < -0.4 is 9.47 Å². The number of fused-ring (bicyclic) bond motifs is 1. The van der Waals surface area contributed by atoms with Crippen LogP contribution in [0.5, 0.6) is 11.5 Å². The minimum atomic E-state index is 0.127. The van der Waals surface area contributed by atoms with Crippen molar-refractivity contribution in [3.8, 4) is 44.9 Å². The SMILES string of the molecule is [C-]#[N+]/C(C#N)=C1\C=C(c2ccc(-c3sc(-c4ccc(C5=C/C(=C(\C#N)[N+]#[C-])CCC5)o4)c4c3OCCO4)o2)CCC1. The topological polar surface area (TPSA) is 101 Å². The number of hydrogen-bond donors (Lipinski definition) is 0. The van der Waals surface area contributed by atoms with E-state index in [1.807, 2.05) is 48.6 Å². The smallest absolute Gasteiger partial charge is 0.265 e. The zero-order valence-electron chi connectivity index (χ0n) is 22.0. The summed E-state index contributed by atoms with van der Waals surface area (Å²) in [5.41, 5.74) is 3.66. The van der Waals surface area contributed by atoms with Crippen molar-refractivity contribution in [2.75, 3.05) is 13.2 Å². The van der Waals surface area contributed by atoms with Crippen LogP contribution in [0.25, 0.3) is 42.1 Å². The van der Waals surface area contributed by atoms with Gasteiger partial charge in [-0.3, -0.25) is 0 Å². The maximum atomic E-state index is 9.29. The Hall–Kier alpha value is -5.22. The number of nitriles is 2. The van der Waals surface area contributed by atoms with E-state index in [1.165, 1.54) is 11.3 Å². The highest BCUT2D eigenvalue weighted by Crippen LogP contribution is 2.54. The summed E-state index contributed by atoms with van der Waals surface area (Å²) >= 11 is 1.47. The van der Waals surface area contributed by atoms with Crippen LogP contribution in [-0.2, 0) is 0 Å². The van der Waals surface area contributed by atoms with Gasteiger partial charge in [0.25, 0.3) is 11.4 Å². The second kappa shape index (κ2) is 11.1. The van der Waals surface area contributed by atoms with Crippen LogP contribution in [0.1, 0.15) is 50.0 Å². The number of allylic oxidation sites excluding steroid dienone is 8. The molecule has 1 aliphatic heterocycles. The third-order valence-corrected chi connectivity index (χ3v) is 8.40. The van der Waals surface area contributed by atoms with Crippen molar-refractivity contribution in [1.82, 2.24) is 0 Å². The Labute approximate surface area is 241 Å². The molecule has 0 bridgehead atoms. The average molecular weight is 559 g/mol. The Morgan fingerprint density at radius 2 is 1.12 bits per heavy atom. The Morgan fingerprint density at radius 3 is 1.54 bits per heavy atom. The summed E-state index contributed by atoms with van der Waals surface area (Å²) < 4.78 is 24.7. The highest BCUT2D eigenvalue weighted by Gasteiger charge is 2.30. The van der Waals surface area contributed by atoms with Gasteiger partial charge in [-0.05, 0) is 85.1 Å². The van der Waals surface area contributed by atoms with E-state index in [0.717, 1.165) is 57.7 Å². The molecule has 41 heavy (non-hydrogen) atoms. The van der Waals surface area contributed by atoms with Gasteiger partial charge in [0.05, 0.1) is 25.3 Å². The molecule has 9 heteroatoms. The van der Waals surface area contributed by atoms with Gasteiger partial charge in [0.1, 0.15) is 46.0 Å². The van der Waals surface area contributed by atoms with E-state index in [4.69, 9.17) is 31.5 Å². The van der Waals surface area contributed by atoms with Crippen LogP contribution in [0.2, 0.25) is 0 Å². The molecule has 0 N–H and O–H groups in total. The Balaban J connectivity index is 1.35. The van der Waals surface area contributed by atoms with Crippen molar-refractivity contribution in [1.29, 1.82) is 10.5 Å². The lowest BCUT2D eigenvalue weighted by Crippen LogP contribution is -2.14. The Bertz CT molecular complexity index is 1680. The molecule has 0 atom stereocenters. The van der Waals surface area contributed by atoms with Crippen molar-refractivity contribution in [2.45, 2.75) is 38.5 Å². The highest BCUT2D eigenvalue weighted by molar-refractivity contribution is 7.19. The van der Waals surface area contributed by atoms with Crippen LogP contribution in [0.3, 0.4) is 0 Å². The Morgan fingerprint density at radius 1 is 0.683 bits per heavy atom. The minimum absolute atomic E-state index is 0.127. The van der Waals surface area contributed by atoms with Gasteiger partial charge in [0, 0.05) is 0 Å². The molecule has 0 amide bonds. The monoisotopic (exact) mass is 558 g/mol. The van der Waals surface area contributed by atoms with Crippen LogP contribution in [0, 0.1) is 35.8 Å². The quantitative estimate of drug-likeness (QED) is 0.235. The molecule has 2 aliphatic carbocycles. The molecule has 6 rings (SSSR count). The molecule has 0 fully saturated rings. The molecule has 0 spiro atoms. The summed E-state index contributed by atoms with van der Waals surface area (Å²) in [6.07, 6.45) is 8.50. The zero-order valence-corrected chi connectivity index (χ0v) is 22.8. The molecule has 0 radical (unpaired) electrons. The third-order valence-electron chi connectivity index (χ3n) is 7.22. The van der Waals surface area contributed by atoms with Crippen molar-refractivity contribution >= 4 is 22.5 Å². The highest BCUT2D eigenvalue weighted by atomic mass is 32.1. The molecule has 0 unspecified atom stereocenters. The predicted molar refractivity (Wildman–Crippen MR) is 153 cm³/mol. The number of furan rings is 2. The van der Waals surface area contributed by atoms with Crippen LogP contribution in [0.15, 0.2) is 67.8 Å². The number of rotatable bonds is 4. The first-order valence-electron chi connectivity index (χ1n) is 13.2. The number of nitrogens with zero attached hydrogens (tertiary/aromatic N) is 4. The molecule has 0 saturated carbocycles. The summed E-state index contributed by atoms with van der Waals surface area (Å²) in [6, 6.07) is 11.6. The largest absolute Gasteiger partial charge is 0.484 e. The molecular formula is C32H22N4O4S. The molecule has 3 aromatic heterocycles. The fourth-order valence-electron chi connectivity index (χ4n) is 5.29. The molecule has 3 aliphatic rings. The fourth-order valence-corrected chi connectivity index (χ4v) is 6.40. The normalized spacial score (nSPS) is 18.6. The zero-order chi connectivity index (χ0) is 28.3. The van der Waals surface area contributed by atoms with Gasteiger partial charge in [-0.1, -0.05) is 12.2 Å². The van der Waals surface area contributed by atoms with E-state index in [1.54, 1.807) is 0 Å². The lowest BCUT2D eigenvalue weighted by atomic mass is 9.93. The predicted octanol–water partition coefficient (Wildman–Crippen LogP) is 8.57. The third kappa shape index (κ3) is 4.85. The summed E-state index contributed by atoms with van der Waals surface area (Å²) in [6.45, 7) is 15.4. The van der Waals surface area contributed by atoms with Gasteiger partial charge >= 0.3 is 0 Å². The van der Waals surface area contributed by atoms with Gasteiger partial charge in [0.2, 0.25) is 0 Å². The Kier molecular flexibility index (Phi) is 7.05. The minimum Gasteiger partial charge on any atom is -0.484 e. The lowest BCUT2D eigenvalue weighted by Gasteiger charge is -2.16. The van der Waals surface area contributed by atoms with E-state index in [-0.39, 0.29) is 11.4 Å². The first kappa shape index (κ1) is 26.0. The van der Waals surface area contributed by atoms with Gasteiger partial charge < -0.3 is 18.3 Å². The molecule has 8 nitrogen and oxygen atoms in total.